The normalized spacial score (nSPS) is 11.9. The fourth-order valence-electron chi connectivity index (χ4n) is 3.30. The molecule has 0 amide bonds. The van der Waals surface area contributed by atoms with Gasteiger partial charge in [0.2, 0.25) is 11.6 Å². The third kappa shape index (κ3) is 4.82. The van der Waals surface area contributed by atoms with Crippen LogP contribution in [0, 0.1) is 5.92 Å². The van der Waals surface area contributed by atoms with Crippen LogP contribution in [0.5, 0.6) is 0 Å². The van der Waals surface area contributed by atoms with E-state index >= 15 is 0 Å². The van der Waals surface area contributed by atoms with Crippen LogP contribution in [0.3, 0.4) is 0 Å². The second-order valence-electron chi connectivity index (χ2n) is 8.01. The molecule has 2 heterocycles. The van der Waals surface area contributed by atoms with Gasteiger partial charge < -0.3 is 0 Å². The molecule has 4 aromatic rings. The number of aromatic nitrogens is 7. The minimum absolute atomic E-state index is 0.287. The van der Waals surface area contributed by atoms with Crippen molar-refractivity contribution in [1.29, 1.82) is 0 Å². The summed E-state index contributed by atoms with van der Waals surface area (Å²) in [4.78, 5) is 4.10. The second-order valence-corrected chi connectivity index (χ2v) is 8.01. The minimum Gasteiger partial charge on any atom is -0.245 e. The Bertz CT molecular complexity index is 1140. The Morgan fingerprint density at radius 3 is 2.42 bits per heavy atom. The predicted molar refractivity (Wildman–Crippen MR) is 112 cm³/mol. The number of H-pyrrole nitrogens is 1. The van der Waals surface area contributed by atoms with E-state index < -0.39 is 11.7 Å². The zero-order valence-corrected chi connectivity index (χ0v) is 17.5. The topological polar surface area (TPSA) is 85.2 Å². The molecule has 9 heteroatoms. The van der Waals surface area contributed by atoms with E-state index in [9.17, 15) is 8.78 Å². The molecule has 7 nitrogen and oxygen atoms in total. The average Bonchev–Trinajstić information content (AvgIpc) is 3.39. The molecule has 0 bridgehead atoms. The van der Waals surface area contributed by atoms with Crippen molar-refractivity contribution >= 4 is 0 Å². The van der Waals surface area contributed by atoms with Crippen LogP contribution in [0.15, 0.2) is 48.5 Å². The lowest BCUT2D eigenvalue weighted by atomic mass is 10.0. The van der Waals surface area contributed by atoms with E-state index in [-0.39, 0.29) is 5.92 Å². The summed E-state index contributed by atoms with van der Waals surface area (Å²) < 4.78 is 29.1. The van der Waals surface area contributed by atoms with Crippen LogP contribution < -0.4 is 0 Å². The first-order valence-corrected chi connectivity index (χ1v) is 10.0. The number of nitrogens with zero attached hydrogens (tertiary/aromatic N) is 6. The SMILES string of the molecule is CC(C)Cc1nc(C(C)(F)F)nn1Cc1ccc(-c2cccc(-c3nn[nH]n3)c2)cc1. The van der Waals surface area contributed by atoms with Crippen molar-refractivity contribution in [2.75, 3.05) is 0 Å². The Kier molecular flexibility index (Phi) is 5.58. The van der Waals surface area contributed by atoms with Crippen LogP contribution in [0.1, 0.15) is 38.0 Å². The molecule has 0 unspecified atom stereocenters. The Morgan fingerprint density at radius 2 is 1.77 bits per heavy atom. The molecule has 0 saturated heterocycles. The molecule has 4 rings (SSSR count). The van der Waals surface area contributed by atoms with Crippen LogP contribution in [-0.4, -0.2) is 35.4 Å². The molecule has 0 fully saturated rings. The highest BCUT2D eigenvalue weighted by Crippen LogP contribution is 2.26. The van der Waals surface area contributed by atoms with Crippen molar-refractivity contribution in [1.82, 2.24) is 35.4 Å². The van der Waals surface area contributed by atoms with Gasteiger partial charge in [-0.05, 0) is 33.9 Å². The molecule has 0 spiro atoms. The molecule has 0 aliphatic carbocycles. The number of nitrogens with one attached hydrogen (secondary N) is 1. The summed E-state index contributed by atoms with van der Waals surface area (Å²) >= 11 is 0. The van der Waals surface area contributed by atoms with E-state index in [4.69, 9.17) is 0 Å². The Labute approximate surface area is 178 Å². The zero-order chi connectivity index (χ0) is 22.0. The van der Waals surface area contributed by atoms with E-state index in [1.54, 1.807) is 4.68 Å². The number of halogens is 2. The Balaban J connectivity index is 1.57. The van der Waals surface area contributed by atoms with Crippen molar-refractivity contribution in [3.63, 3.8) is 0 Å². The van der Waals surface area contributed by atoms with Gasteiger partial charge in [-0.1, -0.05) is 56.3 Å². The monoisotopic (exact) mass is 423 g/mol. The molecule has 2 aromatic heterocycles. The van der Waals surface area contributed by atoms with Crippen LogP contribution in [0.25, 0.3) is 22.5 Å². The first-order chi connectivity index (χ1) is 14.8. The van der Waals surface area contributed by atoms with Gasteiger partial charge in [0.1, 0.15) is 5.82 Å². The van der Waals surface area contributed by atoms with E-state index in [1.807, 2.05) is 62.4 Å². The van der Waals surface area contributed by atoms with Gasteiger partial charge in [0.25, 0.3) is 0 Å². The first-order valence-electron chi connectivity index (χ1n) is 10.0. The molecular formula is C22H23F2N7. The van der Waals surface area contributed by atoms with Gasteiger partial charge in [0.15, 0.2) is 0 Å². The number of alkyl halides is 2. The second kappa shape index (κ2) is 8.33. The van der Waals surface area contributed by atoms with Crippen LogP contribution in [-0.2, 0) is 18.9 Å². The van der Waals surface area contributed by atoms with Crippen LogP contribution in [0.2, 0.25) is 0 Å². The third-order valence-corrected chi connectivity index (χ3v) is 4.82. The fourth-order valence-corrected chi connectivity index (χ4v) is 3.30. The fraction of sp³-hybridized carbons (Fsp3) is 0.318. The van der Waals surface area contributed by atoms with Gasteiger partial charge in [-0.15, -0.1) is 15.3 Å². The van der Waals surface area contributed by atoms with Crippen molar-refractivity contribution in [3.8, 4) is 22.5 Å². The largest absolute Gasteiger partial charge is 0.305 e. The summed E-state index contributed by atoms with van der Waals surface area (Å²) in [5.74, 6) is -2.10. The third-order valence-electron chi connectivity index (χ3n) is 4.82. The van der Waals surface area contributed by atoms with Crippen molar-refractivity contribution in [2.24, 2.45) is 5.92 Å². The van der Waals surface area contributed by atoms with Crippen LogP contribution >= 0.6 is 0 Å². The highest BCUT2D eigenvalue weighted by atomic mass is 19.3. The summed E-state index contributed by atoms with van der Waals surface area (Å²) in [5, 5.41) is 18.2. The quantitative estimate of drug-likeness (QED) is 0.474. The molecule has 0 atom stereocenters. The number of aromatic amines is 1. The highest BCUT2D eigenvalue weighted by Gasteiger charge is 2.31. The molecule has 160 valence electrons. The lowest BCUT2D eigenvalue weighted by molar-refractivity contribution is 0.00755. The number of benzene rings is 2. The summed E-state index contributed by atoms with van der Waals surface area (Å²) in [7, 11) is 0. The van der Waals surface area contributed by atoms with Gasteiger partial charge in [-0.25, -0.2) is 9.67 Å². The molecule has 0 radical (unpaired) electrons. The van der Waals surface area contributed by atoms with Crippen molar-refractivity contribution in [2.45, 2.75) is 39.7 Å². The predicted octanol–water partition coefficient (Wildman–Crippen LogP) is 4.48. The smallest absolute Gasteiger partial charge is 0.245 e. The standard InChI is InChI=1S/C22H23F2N7/c1-14(2)11-19-25-21(22(3,23)24)28-31(19)13-15-7-9-16(10-8-15)17-5-4-6-18(12-17)20-26-29-30-27-20/h4-10,12,14H,11,13H2,1-3H3,(H,26,27,29,30). The summed E-state index contributed by atoms with van der Waals surface area (Å²) in [6.45, 7) is 5.26. The lowest BCUT2D eigenvalue weighted by Gasteiger charge is -2.09. The van der Waals surface area contributed by atoms with Crippen molar-refractivity contribution in [3.05, 3.63) is 65.7 Å². The number of rotatable bonds is 7. The Morgan fingerprint density at radius 1 is 1.03 bits per heavy atom. The maximum absolute atomic E-state index is 13.7. The van der Waals surface area contributed by atoms with E-state index in [0.29, 0.717) is 24.6 Å². The number of tetrazole rings is 1. The summed E-state index contributed by atoms with van der Waals surface area (Å²) in [6.07, 6.45) is 0.587. The molecular weight excluding hydrogens is 400 g/mol. The first kappa shape index (κ1) is 20.8. The Hall–Kier alpha value is -3.49. The van der Waals surface area contributed by atoms with Gasteiger partial charge in [-0.3, -0.25) is 0 Å². The van der Waals surface area contributed by atoms with Crippen molar-refractivity contribution < 1.29 is 8.78 Å². The molecule has 2 aromatic carbocycles. The van der Waals surface area contributed by atoms with Gasteiger partial charge >= 0.3 is 5.92 Å². The van der Waals surface area contributed by atoms with E-state index in [2.05, 4.69) is 30.7 Å². The maximum Gasteiger partial charge on any atom is 0.305 e. The minimum atomic E-state index is -3.06. The average molecular weight is 423 g/mol. The zero-order valence-electron chi connectivity index (χ0n) is 17.5. The highest BCUT2D eigenvalue weighted by molar-refractivity contribution is 5.70. The lowest BCUT2D eigenvalue weighted by Crippen LogP contribution is -2.11. The summed E-state index contributed by atoms with van der Waals surface area (Å²) in [5.41, 5.74) is 3.86. The number of hydrogen-bond acceptors (Lipinski definition) is 5. The summed E-state index contributed by atoms with van der Waals surface area (Å²) in [6, 6.07) is 15.8. The number of hydrogen-bond donors (Lipinski definition) is 1. The van der Waals surface area contributed by atoms with Crippen LogP contribution in [0.4, 0.5) is 8.78 Å². The van der Waals surface area contributed by atoms with Gasteiger partial charge in [0, 0.05) is 18.9 Å². The molecule has 0 aliphatic heterocycles. The molecule has 0 saturated carbocycles. The molecule has 1 N–H and O–H groups in total. The van der Waals surface area contributed by atoms with E-state index in [1.165, 1.54) is 0 Å². The van der Waals surface area contributed by atoms with Gasteiger partial charge in [0.05, 0.1) is 6.54 Å². The molecule has 0 aliphatic rings. The van der Waals surface area contributed by atoms with Gasteiger partial charge in [-0.2, -0.15) is 14.0 Å². The maximum atomic E-state index is 13.7. The molecule has 31 heavy (non-hydrogen) atoms. The van der Waals surface area contributed by atoms with E-state index in [0.717, 1.165) is 29.2 Å².